The van der Waals surface area contributed by atoms with Gasteiger partial charge in [-0.15, -0.1) is 0 Å². The number of piperidine rings is 1. The molecule has 0 atom stereocenters. The first-order valence-corrected chi connectivity index (χ1v) is 9.72. The first-order chi connectivity index (χ1) is 12.7. The van der Waals surface area contributed by atoms with Gasteiger partial charge in [0, 0.05) is 25.8 Å². The number of nitrogens with zero attached hydrogens (tertiary/aromatic N) is 3. The van der Waals surface area contributed by atoms with Crippen molar-refractivity contribution in [1.82, 2.24) is 14.8 Å². The number of benzene rings is 1. The minimum absolute atomic E-state index is 0.527. The lowest BCUT2D eigenvalue weighted by Gasteiger charge is -2.39. The second kappa shape index (κ2) is 7.77. The van der Waals surface area contributed by atoms with Crippen LogP contribution in [-0.2, 0) is 13.1 Å². The Morgan fingerprint density at radius 2 is 1.77 bits per heavy atom. The molecule has 0 bridgehead atoms. The van der Waals surface area contributed by atoms with Crippen LogP contribution in [0.3, 0.4) is 0 Å². The summed E-state index contributed by atoms with van der Waals surface area (Å²) in [6.45, 7) is 6.88. The maximum absolute atomic E-state index is 5.36. The van der Waals surface area contributed by atoms with Gasteiger partial charge < -0.3 is 4.74 Å². The summed E-state index contributed by atoms with van der Waals surface area (Å²) in [7, 11) is 1.74. The highest BCUT2D eigenvalue weighted by atomic mass is 16.5. The molecular weight excluding hydrogens is 322 g/mol. The lowest BCUT2D eigenvalue weighted by molar-refractivity contribution is 0.101. The molecule has 0 N–H and O–H groups in total. The molecule has 4 heteroatoms. The average molecular weight is 351 g/mol. The van der Waals surface area contributed by atoms with E-state index in [1.165, 1.54) is 56.7 Å². The monoisotopic (exact) mass is 351 g/mol. The Hall–Kier alpha value is -1.91. The first kappa shape index (κ1) is 17.5. The lowest BCUT2D eigenvalue weighted by Crippen LogP contribution is -2.41. The summed E-state index contributed by atoms with van der Waals surface area (Å²) < 4.78 is 5.36. The standard InChI is InChI=1S/C22H29N3O/c1-26-21-7-4-5-19(15-21)16-25-14-10-22(18-25)8-12-24(13-9-22)17-20-6-2-3-11-23-20/h2-7,11,15H,8-10,12-14,16-18H2,1H3. The number of ether oxygens (including phenoxy) is 1. The van der Waals surface area contributed by atoms with E-state index in [9.17, 15) is 0 Å². The van der Waals surface area contributed by atoms with Crippen molar-refractivity contribution in [3.05, 3.63) is 59.9 Å². The molecule has 1 aromatic carbocycles. The summed E-state index contributed by atoms with van der Waals surface area (Å²) in [5.74, 6) is 0.958. The maximum atomic E-state index is 5.36. The molecule has 1 aromatic heterocycles. The Morgan fingerprint density at radius 1 is 0.962 bits per heavy atom. The summed E-state index contributed by atoms with van der Waals surface area (Å²) in [6, 6.07) is 14.7. The molecular formula is C22H29N3O. The van der Waals surface area contributed by atoms with Gasteiger partial charge in [-0.3, -0.25) is 14.8 Å². The van der Waals surface area contributed by atoms with Gasteiger partial charge in [0.15, 0.2) is 0 Å². The van der Waals surface area contributed by atoms with Gasteiger partial charge in [-0.1, -0.05) is 18.2 Å². The van der Waals surface area contributed by atoms with Crippen LogP contribution >= 0.6 is 0 Å². The van der Waals surface area contributed by atoms with Crippen molar-refractivity contribution in [3.8, 4) is 5.75 Å². The van der Waals surface area contributed by atoms with Crippen LogP contribution < -0.4 is 4.74 Å². The molecule has 26 heavy (non-hydrogen) atoms. The summed E-state index contributed by atoms with van der Waals surface area (Å²) in [4.78, 5) is 9.67. The van der Waals surface area contributed by atoms with E-state index in [0.29, 0.717) is 5.41 Å². The highest BCUT2D eigenvalue weighted by Gasteiger charge is 2.40. The first-order valence-electron chi connectivity index (χ1n) is 9.72. The van der Waals surface area contributed by atoms with E-state index in [1.807, 2.05) is 18.3 Å². The van der Waals surface area contributed by atoms with Gasteiger partial charge in [-0.2, -0.15) is 0 Å². The van der Waals surface area contributed by atoms with E-state index >= 15 is 0 Å². The van der Waals surface area contributed by atoms with E-state index in [0.717, 1.165) is 18.8 Å². The summed E-state index contributed by atoms with van der Waals surface area (Å²) in [5.41, 5.74) is 3.07. The van der Waals surface area contributed by atoms with Crippen molar-refractivity contribution >= 4 is 0 Å². The molecule has 0 amide bonds. The van der Waals surface area contributed by atoms with Crippen LogP contribution in [-0.4, -0.2) is 48.1 Å². The topological polar surface area (TPSA) is 28.6 Å². The Bertz CT molecular complexity index is 710. The van der Waals surface area contributed by atoms with Gasteiger partial charge in [0.1, 0.15) is 5.75 Å². The molecule has 2 saturated heterocycles. The van der Waals surface area contributed by atoms with Crippen molar-refractivity contribution in [2.75, 3.05) is 33.3 Å². The number of pyridine rings is 1. The molecule has 0 aliphatic carbocycles. The molecule has 4 rings (SSSR count). The normalized spacial score (nSPS) is 20.5. The SMILES string of the molecule is COc1cccc(CN2CCC3(CCN(Cc4ccccn4)CC3)C2)c1. The number of methoxy groups -OCH3 is 1. The predicted octanol–water partition coefficient (Wildman–Crippen LogP) is 3.58. The van der Waals surface area contributed by atoms with Gasteiger partial charge in [0.05, 0.1) is 12.8 Å². The number of aromatic nitrogens is 1. The second-order valence-electron chi connectivity index (χ2n) is 7.91. The van der Waals surface area contributed by atoms with E-state index in [1.54, 1.807) is 7.11 Å². The van der Waals surface area contributed by atoms with Gasteiger partial charge in [0.2, 0.25) is 0 Å². The van der Waals surface area contributed by atoms with Gasteiger partial charge in [0.25, 0.3) is 0 Å². The molecule has 2 aliphatic heterocycles. The van der Waals surface area contributed by atoms with Gasteiger partial charge in [-0.05, 0) is 74.1 Å². The Morgan fingerprint density at radius 3 is 2.50 bits per heavy atom. The van der Waals surface area contributed by atoms with E-state index in [2.05, 4.69) is 45.1 Å². The fraction of sp³-hybridized carbons (Fsp3) is 0.500. The molecule has 4 nitrogen and oxygen atoms in total. The van der Waals surface area contributed by atoms with Crippen molar-refractivity contribution in [2.45, 2.75) is 32.4 Å². The molecule has 2 fully saturated rings. The second-order valence-corrected chi connectivity index (χ2v) is 7.91. The molecule has 0 radical (unpaired) electrons. The highest BCUT2D eigenvalue weighted by molar-refractivity contribution is 5.28. The quantitative estimate of drug-likeness (QED) is 0.823. The number of rotatable bonds is 5. The molecule has 3 heterocycles. The predicted molar refractivity (Wildman–Crippen MR) is 104 cm³/mol. The van der Waals surface area contributed by atoms with Gasteiger partial charge >= 0.3 is 0 Å². The third kappa shape index (κ3) is 4.08. The van der Waals surface area contributed by atoms with Crippen molar-refractivity contribution in [3.63, 3.8) is 0 Å². The van der Waals surface area contributed by atoms with Crippen molar-refractivity contribution in [1.29, 1.82) is 0 Å². The molecule has 0 saturated carbocycles. The smallest absolute Gasteiger partial charge is 0.119 e. The zero-order chi connectivity index (χ0) is 17.8. The molecule has 138 valence electrons. The minimum atomic E-state index is 0.527. The van der Waals surface area contributed by atoms with Crippen LogP contribution in [0.15, 0.2) is 48.7 Å². The van der Waals surface area contributed by atoms with Crippen LogP contribution in [0, 0.1) is 5.41 Å². The van der Waals surface area contributed by atoms with Crippen molar-refractivity contribution < 1.29 is 4.74 Å². The third-order valence-corrected chi connectivity index (χ3v) is 6.09. The molecule has 2 aromatic rings. The fourth-order valence-electron chi connectivity index (χ4n) is 4.51. The van der Waals surface area contributed by atoms with Crippen LogP contribution in [0.5, 0.6) is 5.75 Å². The Labute approximate surface area is 156 Å². The van der Waals surface area contributed by atoms with Crippen LogP contribution in [0.2, 0.25) is 0 Å². The van der Waals surface area contributed by atoms with E-state index in [4.69, 9.17) is 4.74 Å². The van der Waals surface area contributed by atoms with Crippen LogP contribution in [0.1, 0.15) is 30.5 Å². The average Bonchev–Trinajstić information content (AvgIpc) is 3.07. The van der Waals surface area contributed by atoms with Crippen LogP contribution in [0.25, 0.3) is 0 Å². The van der Waals surface area contributed by atoms with Gasteiger partial charge in [-0.25, -0.2) is 0 Å². The fourth-order valence-corrected chi connectivity index (χ4v) is 4.51. The molecule has 1 spiro atoms. The molecule has 0 unspecified atom stereocenters. The zero-order valence-corrected chi connectivity index (χ0v) is 15.7. The zero-order valence-electron chi connectivity index (χ0n) is 15.7. The number of likely N-dealkylation sites (tertiary alicyclic amines) is 2. The largest absolute Gasteiger partial charge is 0.497 e. The van der Waals surface area contributed by atoms with E-state index in [-0.39, 0.29) is 0 Å². The third-order valence-electron chi connectivity index (χ3n) is 6.09. The maximum Gasteiger partial charge on any atom is 0.119 e. The van der Waals surface area contributed by atoms with Crippen molar-refractivity contribution in [2.24, 2.45) is 5.41 Å². The van der Waals surface area contributed by atoms with Crippen LogP contribution in [0.4, 0.5) is 0 Å². The Balaban J connectivity index is 1.29. The summed E-state index contributed by atoms with van der Waals surface area (Å²) in [6.07, 6.45) is 5.87. The number of hydrogen-bond acceptors (Lipinski definition) is 4. The van der Waals surface area contributed by atoms with E-state index < -0.39 is 0 Å². The summed E-state index contributed by atoms with van der Waals surface area (Å²) in [5, 5.41) is 0. The number of hydrogen-bond donors (Lipinski definition) is 0. The lowest BCUT2D eigenvalue weighted by atomic mass is 9.78. The Kier molecular flexibility index (Phi) is 5.23. The summed E-state index contributed by atoms with van der Waals surface area (Å²) >= 11 is 0. The molecule has 2 aliphatic rings. The highest BCUT2D eigenvalue weighted by Crippen LogP contribution is 2.41. The minimum Gasteiger partial charge on any atom is -0.497 e.